The summed E-state index contributed by atoms with van der Waals surface area (Å²) in [5.41, 5.74) is 1.35. The van der Waals surface area contributed by atoms with Crippen LogP contribution < -0.4 is 14.8 Å². The van der Waals surface area contributed by atoms with Gasteiger partial charge in [0.25, 0.3) is 5.91 Å². The molecular weight excluding hydrogens is 382 g/mol. The van der Waals surface area contributed by atoms with Crippen LogP contribution in [0.3, 0.4) is 0 Å². The number of amides is 3. The Morgan fingerprint density at radius 2 is 2.03 bits per heavy atom. The monoisotopic (exact) mass is 407 g/mol. The molecule has 2 atom stereocenters. The van der Waals surface area contributed by atoms with Crippen LogP contribution in [0.2, 0.25) is 0 Å². The van der Waals surface area contributed by atoms with Gasteiger partial charge in [0.1, 0.15) is 23.1 Å². The number of rotatable bonds is 6. The molecule has 0 aromatic heterocycles. The summed E-state index contributed by atoms with van der Waals surface area (Å²) >= 11 is 0. The number of hydrogen-bond donors (Lipinski definition) is 1. The highest BCUT2D eigenvalue weighted by Gasteiger charge is 2.51. The smallest absolute Gasteiger partial charge is 0.346 e. The summed E-state index contributed by atoms with van der Waals surface area (Å²) in [4.78, 5) is 25.8. The average molecular weight is 407 g/mol. The van der Waals surface area contributed by atoms with Crippen LogP contribution >= 0.6 is 0 Å². The lowest BCUT2D eigenvalue weighted by Gasteiger charge is -2.24. The number of fused-ring (bicyclic) bond motifs is 1. The highest BCUT2D eigenvalue weighted by Crippen LogP contribution is 2.35. The van der Waals surface area contributed by atoms with Gasteiger partial charge in [-0.05, 0) is 38.0 Å². The van der Waals surface area contributed by atoms with Gasteiger partial charge in [-0.15, -0.1) is 5.01 Å². The fourth-order valence-electron chi connectivity index (χ4n) is 3.99. The Labute approximate surface area is 175 Å². The number of benzene rings is 2. The zero-order valence-corrected chi connectivity index (χ0v) is 17.3. The molecule has 7 heteroatoms. The number of urea groups is 1. The van der Waals surface area contributed by atoms with Crippen molar-refractivity contribution in [2.45, 2.75) is 45.3 Å². The first-order valence-electron chi connectivity index (χ1n) is 10.2. The van der Waals surface area contributed by atoms with E-state index in [1.165, 1.54) is 6.21 Å². The van der Waals surface area contributed by atoms with Gasteiger partial charge in [-0.2, -0.15) is 5.10 Å². The second-order valence-electron chi connectivity index (χ2n) is 7.48. The Hall–Kier alpha value is -3.35. The highest BCUT2D eigenvalue weighted by molar-refractivity contribution is 6.08. The zero-order valence-electron chi connectivity index (χ0n) is 17.3. The molecule has 0 aliphatic carbocycles. The van der Waals surface area contributed by atoms with E-state index in [0.29, 0.717) is 24.3 Å². The average Bonchev–Trinajstić information content (AvgIpc) is 3.23. The molecule has 3 amide bonds. The minimum absolute atomic E-state index is 0.101. The van der Waals surface area contributed by atoms with E-state index in [-0.39, 0.29) is 6.10 Å². The Morgan fingerprint density at radius 3 is 2.73 bits per heavy atom. The first kappa shape index (κ1) is 19.9. The van der Waals surface area contributed by atoms with Crippen LogP contribution in [-0.4, -0.2) is 35.9 Å². The molecule has 2 aromatic rings. The second-order valence-corrected chi connectivity index (χ2v) is 7.48. The van der Waals surface area contributed by atoms with E-state index in [0.717, 1.165) is 28.3 Å². The van der Waals surface area contributed by atoms with Crippen LogP contribution in [0.5, 0.6) is 11.5 Å². The van der Waals surface area contributed by atoms with Crippen LogP contribution in [0, 0.1) is 0 Å². The molecule has 2 aromatic carbocycles. The van der Waals surface area contributed by atoms with Crippen molar-refractivity contribution < 1.29 is 19.1 Å². The van der Waals surface area contributed by atoms with Crippen LogP contribution in [0.25, 0.3) is 0 Å². The molecule has 2 aliphatic rings. The van der Waals surface area contributed by atoms with E-state index in [1.807, 2.05) is 63.2 Å². The van der Waals surface area contributed by atoms with Crippen molar-refractivity contribution in [1.82, 2.24) is 10.3 Å². The Balaban J connectivity index is 1.65. The van der Waals surface area contributed by atoms with Gasteiger partial charge in [-0.3, -0.25) is 4.79 Å². The Morgan fingerprint density at radius 1 is 1.27 bits per heavy atom. The molecule has 2 aliphatic heterocycles. The maximum absolute atomic E-state index is 13.2. The number of nitrogens with one attached hydrogen (secondary N) is 1. The van der Waals surface area contributed by atoms with Gasteiger partial charge in [0.15, 0.2) is 0 Å². The normalized spacial score (nSPS) is 22.9. The SMILES string of the molecule is CCOc1cc2c(cc1/C=N\N1C(=O)N[C@@](CC)(c3ccccc3)C1=O)O[C@H](C)C2. The van der Waals surface area contributed by atoms with E-state index in [9.17, 15) is 9.59 Å². The molecule has 0 radical (unpaired) electrons. The van der Waals surface area contributed by atoms with Gasteiger partial charge in [0, 0.05) is 17.5 Å². The Bertz CT molecular complexity index is 1010. The maximum Gasteiger partial charge on any atom is 0.346 e. The molecule has 1 N–H and O–H groups in total. The lowest BCUT2D eigenvalue weighted by molar-refractivity contribution is -0.131. The predicted molar refractivity (Wildman–Crippen MR) is 113 cm³/mol. The van der Waals surface area contributed by atoms with Crippen molar-refractivity contribution in [2.24, 2.45) is 5.10 Å². The molecule has 4 rings (SSSR count). The van der Waals surface area contributed by atoms with Gasteiger partial charge in [-0.25, -0.2) is 4.79 Å². The van der Waals surface area contributed by atoms with Gasteiger partial charge < -0.3 is 14.8 Å². The fraction of sp³-hybridized carbons (Fsp3) is 0.348. The molecule has 0 saturated carbocycles. The summed E-state index contributed by atoms with van der Waals surface area (Å²) in [5, 5.41) is 7.94. The van der Waals surface area contributed by atoms with E-state index in [4.69, 9.17) is 9.47 Å². The van der Waals surface area contributed by atoms with Crippen molar-refractivity contribution in [3.63, 3.8) is 0 Å². The van der Waals surface area contributed by atoms with Crippen molar-refractivity contribution in [1.29, 1.82) is 0 Å². The number of ether oxygens (including phenoxy) is 2. The summed E-state index contributed by atoms with van der Waals surface area (Å²) in [7, 11) is 0. The molecule has 0 unspecified atom stereocenters. The van der Waals surface area contributed by atoms with Crippen LogP contribution in [0.15, 0.2) is 47.6 Å². The summed E-state index contributed by atoms with van der Waals surface area (Å²) < 4.78 is 11.6. The van der Waals surface area contributed by atoms with Gasteiger partial charge in [0.05, 0.1) is 12.8 Å². The van der Waals surface area contributed by atoms with Crippen molar-refractivity contribution in [2.75, 3.05) is 6.61 Å². The molecule has 30 heavy (non-hydrogen) atoms. The predicted octanol–water partition coefficient (Wildman–Crippen LogP) is 3.60. The highest BCUT2D eigenvalue weighted by atomic mass is 16.5. The lowest BCUT2D eigenvalue weighted by Crippen LogP contribution is -2.43. The maximum atomic E-state index is 13.2. The standard InChI is InChI=1S/C23H25N3O4/c1-4-23(18-9-7-6-8-10-18)21(27)26(22(28)25-23)24-14-17-13-20-16(11-15(3)30-20)12-19(17)29-5-2/h6-10,12-15H,4-5,11H2,1-3H3,(H,25,28)/b24-14-/t15-,23+/m1/s1. The van der Waals surface area contributed by atoms with E-state index in [2.05, 4.69) is 10.4 Å². The molecular formula is C23H25N3O4. The van der Waals surface area contributed by atoms with E-state index < -0.39 is 17.5 Å². The first-order chi connectivity index (χ1) is 14.5. The molecule has 156 valence electrons. The third kappa shape index (κ3) is 3.30. The van der Waals surface area contributed by atoms with E-state index in [1.54, 1.807) is 0 Å². The summed E-state index contributed by atoms with van der Waals surface area (Å²) in [5.74, 6) is 1.02. The van der Waals surface area contributed by atoms with Crippen molar-refractivity contribution in [3.8, 4) is 11.5 Å². The third-order valence-electron chi connectivity index (χ3n) is 5.51. The summed E-state index contributed by atoms with van der Waals surface area (Å²) in [6, 6.07) is 12.5. The molecule has 0 spiro atoms. The largest absolute Gasteiger partial charge is 0.493 e. The first-order valence-corrected chi connectivity index (χ1v) is 10.2. The quantitative estimate of drug-likeness (QED) is 0.586. The Kier molecular flexibility index (Phi) is 5.20. The van der Waals surface area contributed by atoms with Gasteiger partial charge in [0.2, 0.25) is 0 Å². The molecule has 1 saturated heterocycles. The lowest BCUT2D eigenvalue weighted by atomic mass is 9.87. The van der Waals surface area contributed by atoms with Crippen LogP contribution in [-0.2, 0) is 16.8 Å². The zero-order chi connectivity index (χ0) is 21.3. The number of carbonyl (C=O) groups is 2. The fourth-order valence-corrected chi connectivity index (χ4v) is 3.99. The summed E-state index contributed by atoms with van der Waals surface area (Å²) in [6.07, 6.45) is 2.81. The molecule has 7 nitrogen and oxygen atoms in total. The molecule has 0 bridgehead atoms. The number of hydrogen-bond acceptors (Lipinski definition) is 5. The van der Waals surface area contributed by atoms with Crippen LogP contribution in [0.4, 0.5) is 4.79 Å². The van der Waals surface area contributed by atoms with E-state index >= 15 is 0 Å². The number of carbonyl (C=O) groups excluding carboxylic acids is 2. The number of imide groups is 1. The van der Waals surface area contributed by atoms with Gasteiger partial charge in [-0.1, -0.05) is 37.3 Å². The topological polar surface area (TPSA) is 80.2 Å². The summed E-state index contributed by atoms with van der Waals surface area (Å²) in [6.45, 7) is 6.27. The van der Waals surface area contributed by atoms with Gasteiger partial charge >= 0.3 is 6.03 Å². The molecule has 2 heterocycles. The van der Waals surface area contributed by atoms with Crippen LogP contribution in [0.1, 0.15) is 43.9 Å². The van der Waals surface area contributed by atoms with Crippen molar-refractivity contribution in [3.05, 3.63) is 59.2 Å². The molecule has 1 fully saturated rings. The van der Waals surface area contributed by atoms with Crippen molar-refractivity contribution >= 4 is 18.2 Å². The minimum atomic E-state index is -1.12. The minimum Gasteiger partial charge on any atom is -0.493 e. The number of nitrogens with zero attached hydrogens (tertiary/aromatic N) is 2. The second kappa shape index (κ2) is 7.82. The third-order valence-corrected chi connectivity index (χ3v) is 5.51. The number of hydrazone groups is 1.